The highest BCUT2D eigenvalue weighted by Crippen LogP contribution is 2.37. The van der Waals surface area contributed by atoms with Crippen LogP contribution in [0.3, 0.4) is 0 Å². The minimum absolute atomic E-state index is 0.177. The first-order valence-electron chi connectivity index (χ1n) is 9.17. The molecule has 0 fully saturated rings. The molecule has 138 valence electrons. The van der Waals surface area contributed by atoms with Crippen molar-refractivity contribution >= 4 is 11.9 Å². The number of hydrogen-bond donors (Lipinski definition) is 1. The molecular weight excluding hydrogens is 320 g/mol. The highest BCUT2D eigenvalue weighted by Gasteiger charge is 2.23. The SMILES string of the molecule is CC(C)CCc1c(OCCCCCC(=O)O)ccc2c1OC(=O)CC2. The quantitative estimate of drug-likeness (QED) is 0.391. The van der Waals surface area contributed by atoms with Crippen molar-refractivity contribution in [3.05, 3.63) is 23.3 Å². The van der Waals surface area contributed by atoms with E-state index in [1.807, 2.05) is 12.1 Å². The maximum Gasteiger partial charge on any atom is 0.311 e. The Morgan fingerprint density at radius 3 is 2.76 bits per heavy atom. The smallest absolute Gasteiger partial charge is 0.311 e. The van der Waals surface area contributed by atoms with E-state index in [0.29, 0.717) is 31.1 Å². The van der Waals surface area contributed by atoms with Crippen molar-refractivity contribution in [2.75, 3.05) is 6.61 Å². The van der Waals surface area contributed by atoms with Crippen LogP contribution in [0.1, 0.15) is 63.5 Å². The zero-order valence-electron chi connectivity index (χ0n) is 15.2. The number of fused-ring (bicyclic) bond motifs is 1. The molecule has 0 saturated heterocycles. The molecule has 1 aliphatic heterocycles. The van der Waals surface area contributed by atoms with Gasteiger partial charge in [0.2, 0.25) is 0 Å². The predicted molar refractivity (Wildman–Crippen MR) is 95.2 cm³/mol. The average molecular weight is 348 g/mol. The van der Waals surface area contributed by atoms with E-state index in [1.54, 1.807) is 0 Å². The summed E-state index contributed by atoms with van der Waals surface area (Å²) in [5.41, 5.74) is 2.07. The van der Waals surface area contributed by atoms with Gasteiger partial charge in [0.05, 0.1) is 13.0 Å². The Kier molecular flexibility index (Phi) is 7.29. The number of aliphatic carboxylic acids is 1. The summed E-state index contributed by atoms with van der Waals surface area (Å²) in [6, 6.07) is 3.96. The summed E-state index contributed by atoms with van der Waals surface area (Å²) in [5, 5.41) is 8.65. The third-order valence-corrected chi connectivity index (χ3v) is 4.38. The normalized spacial score (nSPS) is 13.5. The number of carbonyl (C=O) groups is 2. The van der Waals surface area contributed by atoms with Gasteiger partial charge < -0.3 is 14.6 Å². The van der Waals surface area contributed by atoms with Gasteiger partial charge in [-0.15, -0.1) is 0 Å². The van der Waals surface area contributed by atoms with Gasteiger partial charge in [-0.2, -0.15) is 0 Å². The second-order valence-electron chi connectivity index (χ2n) is 6.99. The van der Waals surface area contributed by atoms with Crippen molar-refractivity contribution in [1.82, 2.24) is 0 Å². The van der Waals surface area contributed by atoms with Gasteiger partial charge in [0.15, 0.2) is 0 Å². The second-order valence-corrected chi connectivity index (χ2v) is 6.99. The molecule has 0 atom stereocenters. The summed E-state index contributed by atoms with van der Waals surface area (Å²) in [5.74, 6) is 1.10. The monoisotopic (exact) mass is 348 g/mol. The minimum Gasteiger partial charge on any atom is -0.493 e. The molecule has 1 aromatic rings. The number of unbranched alkanes of at least 4 members (excludes halogenated alkanes) is 2. The number of carboxylic acids is 1. The summed E-state index contributed by atoms with van der Waals surface area (Å²) in [7, 11) is 0. The Balaban J connectivity index is 2.01. The van der Waals surface area contributed by atoms with E-state index in [0.717, 1.165) is 49.0 Å². The molecule has 2 rings (SSSR count). The number of ether oxygens (including phenoxy) is 2. The Morgan fingerprint density at radius 1 is 1.24 bits per heavy atom. The van der Waals surface area contributed by atoms with Crippen LogP contribution in [0.4, 0.5) is 0 Å². The summed E-state index contributed by atoms with van der Waals surface area (Å²) in [6.45, 7) is 4.88. The van der Waals surface area contributed by atoms with E-state index in [9.17, 15) is 9.59 Å². The maximum atomic E-state index is 11.7. The lowest BCUT2D eigenvalue weighted by Crippen LogP contribution is -2.18. The van der Waals surface area contributed by atoms with E-state index in [4.69, 9.17) is 14.6 Å². The Hall–Kier alpha value is -2.04. The molecular formula is C20H28O5. The van der Waals surface area contributed by atoms with Crippen LogP contribution in [0.25, 0.3) is 0 Å². The van der Waals surface area contributed by atoms with E-state index in [2.05, 4.69) is 13.8 Å². The van der Waals surface area contributed by atoms with Crippen LogP contribution in [0, 0.1) is 5.92 Å². The van der Waals surface area contributed by atoms with Crippen LogP contribution in [0.5, 0.6) is 11.5 Å². The van der Waals surface area contributed by atoms with Crippen molar-refractivity contribution in [3.63, 3.8) is 0 Å². The molecule has 5 heteroatoms. The van der Waals surface area contributed by atoms with Crippen LogP contribution in [-0.2, 0) is 22.4 Å². The molecule has 0 spiro atoms. The summed E-state index contributed by atoms with van der Waals surface area (Å²) < 4.78 is 11.5. The predicted octanol–water partition coefficient (Wildman–Crippen LogP) is 4.15. The van der Waals surface area contributed by atoms with Crippen molar-refractivity contribution in [3.8, 4) is 11.5 Å². The lowest BCUT2D eigenvalue weighted by Gasteiger charge is -2.22. The van der Waals surface area contributed by atoms with Gasteiger partial charge in [0, 0.05) is 12.0 Å². The fourth-order valence-corrected chi connectivity index (χ4v) is 2.93. The first-order chi connectivity index (χ1) is 12.0. The standard InChI is InChI=1S/C20H28O5/c1-14(2)7-10-16-17(24-13-5-3-4-6-18(21)22)11-8-15-9-12-19(23)25-20(15)16/h8,11,14H,3-7,9-10,12-13H2,1-2H3,(H,21,22). The van der Waals surface area contributed by atoms with Crippen molar-refractivity contribution in [2.45, 2.75) is 65.2 Å². The van der Waals surface area contributed by atoms with Gasteiger partial charge in [0.25, 0.3) is 0 Å². The van der Waals surface area contributed by atoms with Crippen LogP contribution >= 0.6 is 0 Å². The summed E-state index contributed by atoms with van der Waals surface area (Å²) in [4.78, 5) is 22.2. The largest absolute Gasteiger partial charge is 0.493 e. The van der Waals surface area contributed by atoms with Gasteiger partial charge in [-0.1, -0.05) is 19.9 Å². The molecule has 0 bridgehead atoms. The fourth-order valence-electron chi connectivity index (χ4n) is 2.93. The minimum atomic E-state index is -0.756. The molecule has 0 amide bonds. The molecule has 25 heavy (non-hydrogen) atoms. The number of carbonyl (C=O) groups excluding carboxylic acids is 1. The van der Waals surface area contributed by atoms with Crippen molar-refractivity contribution in [2.24, 2.45) is 5.92 Å². The van der Waals surface area contributed by atoms with E-state index in [-0.39, 0.29) is 12.4 Å². The topological polar surface area (TPSA) is 72.8 Å². The molecule has 0 aliphatic carbocycles. The van der Waals surface area contributed by atoms with E-state index < -0.39 is 5.97 Å². The van der Waals surface area contributed by atoms with Crippen LogP contribution < -0.4 is 9.47 Å². The zero-order chi connectivity index (χ0) is 18.2. The van der Waals surface area contributed by atoms with Crippen LogP contribution in [0.2, 0.25) is 0 Å². The molecule has 1 heterocycles. The second kappa shape index (κ2) is 9.44. The lowest BCUT2D eigenvalue weighted by molar-refractivity contribution is -0.137. The lowest BCUT2D eigenvalue weighted by atomic mass is 9.96. The molecule has 1 aromatic carbocycles. The van der Waals surface area contributed by atoms with Gasteiger partial charge >= 0.3 is 11.9 Å². The first-order valence-corrected chi connectivity index (χ1v) is 9.17. The number of aryl methyl sites for hydroxylation is 1. The summed E-state index contributed by atoms with van der Waals surface area (Å²) in [6.07, 6.45) is 5.49. The van der Waals surface area contributed by atoms with Crippen molar-refractivity contribution < 1.29 is 24.2 Å². The molecule has 1 N–H and O–H groups in total. The zero-order valence-corrected chi connectivity index (χ0v) is 15.2. The molecule has 1 aliphatic rings. The maximum absolute atomic E-state index is 11.7. The van der Waals surface area contributed by atoms with Gasteiger partial charge in [-0.25, -0.2) is 0 Å². The highest BCUT2D eigenvalue weighted by atomic mass is 16.5. The number of benzene rings is 1. The number of rotatable bonds is 10. The average Bonchev–Trinajstić information content (AvgIpc) is 2.56. The molecule has 0 aromatic heterocycles. The summed E-state index contributed by atoms with van der Waals surface area (Å²) >= 11 is 0. The van der Waals surface area contributed by atoms with Gasteiger partial charge in [-0.3, -0.25) is 9.59 Å². The molecule has 0 radical (unpaired) electrons. The Bertz CT molecular complexity index is 606. The van der Waals surface area contributed by atoms with Gasteiger partial charge in [0.1, 0.15) is 11.5 Å². The number of hydrogen-bond acceptors (Lipinski definition) is 4. The fraction of sp³-hybridized carbons (Fsp3) is 0.600. The third-order valence-electron chi connectivity index (χ3n) is 4.38. The molecule has 0 unspecified atom stereocenters. The third kappa shape index (κ3) is 6.07. The molecule has 0 saturated carbocycles. The van der Waals surface area contributed by atoms with Crippen molar-refractivity contribution in [1.29, 1.82) is 0 Å². The number of esters is 1. The van der Waals surface area contributed by atoms with Crippen LogP contribution in [0.15, 0.2) is 12.1 Å². The first kappa shape index (κ1) is 19.3. The number of carboxylic acid groups (broad SMARTS) is 1. The van der Waals surface area contributed by atoms with Gasteiger partial charge in [-0.05, 0) is 56.1 Å². The Labute approximate surface area is 149 Å². The van der Waals surface area contributed by atoms with Crippen LogP contribution in [-0.4, -0.2) is 23.7 Å². The molecule has 5 nitrogen and oxygen atoms in total. The van der Waals surface area contributed by atoms with E-state index in [1.165, 1.54) is 0 Å². The highest BCUT2D eigenvalue weighted by molar-refractivity contribution is 5.76. The van der Waals surface area contributed by atoms with E-state index >= 15 is 0 Å². The Morgan fingerprint density at radius 2 is 2.04 bits per heavy atom.